The molecule has 1 saturated carbocycles. The number of rotatable bonds is 9. The van der Waals surface area contributed by atoms with E-state index in [1.807, 2.05) is 60.7 Å². The lowest BCUT2D eigenvalue weighted by molar-refractivity contribution is -0.115. The number of hydrogen-bond donors (Lipinski definition) is 1. The van der Waals surface area contributed by atoms with Crippen molar-refractivity contribution in [3.63, 3.8) is 0 Å². The number of amides is 1. The first kappa shape index (κ1) is 20.8. The van der Waals surface area contributed by atoms with Gasteiger partial charge in [-0.1, -0.05) is 48.2 Å². The number of nitrogens with one attached hydrogen (secondary N) is 1. The van der Waals surface area contributed by atoms with E-state index in [0.717, 1.165) is 34.4 Å². The molecule has 162 valence electrons. The number of hydrogen-bond acceptors (Lipinski definition) is 6. The molecule has 0 radical (unpaired) electrons. The smallest absolute Gasteiger partial charge is 0.225 e. The Bertz CT molecular complexity index is 1190. The summed E-state index contributed by atoms with van der Waals surface area (Å²) in [7, 11) is 0. The van der Waals surface area contributed by atoms with E-state index in [-0.39, 0.29) is 5.91 Å². The molecule has 4 aromatic rings. The summed E-state index contributed by atoms with van der Waals surface area (Å²) in [5.41, 5.74) is 0.660. The van der Waals surface area contributed by atoms with Gasteiger partial charge in [0.1, 0.15) is 5.75 Å². The van der Waals surface area contributed by atoms with Gasteiger partial charge in [-0.25, -0.2) is 0 Å². The van der Waals surface area contributed by atoms with Crippen LogP contribution in [-0.2, 0) is 4.79 Å². The summed E-state index contributed by atoms with van der Waals surface area (Å²) in [5.74, 6) is 2.85. The second-order valence-electron chi connectivity index (χ2n) is 7.44. The molecule has 2 aromatic heterocycles. The van der Waals surface area contributed by atoms with E-state index in [4.69, 9.17) is 4.74 Å². The zero-order chi connectivity index (χ0) is 21.8. The van der Waals surface area contributed by atoms with E-state index in [0.29, 0.717) is 29.7 Å². The van der Waals surface area contributed by atoms with Crippen molar-refractivity contribution >= 4 is 34.7 Å². The van der Waals surface area contributed by atoms with Gasteiger partial charge in [-0.2, -0.15) is 0 Å². The maximum absolute atomic E-state index is 12.6. The Balaban J connectivity index is 1.20. The number of nitrogens with zero attached hydrogens (tertiary/aromatic N) is 3. The molecule has 0 spiro atoms. The molecule has 5 rings (SSSR count). The quantitative estimate of drug-likeness (QED) is 0.298. The number of benzene rings is 2. The van der Waals surface area contributed by atoms with Gasteiger partial charge >= 0.3 is 0 Å². The minimum absolute atomic E-state index is 0.0578. The van der Waals surface area contributed by atoms with Crippen LogP contribution < -0.4 is 10.1 Å². The highest BCUT2D eigenvalue weighted by Gasteiger charge is 2.30. The third-order valence-corrected chi connectivity index (χ3v) is 6.82. The second kappa shape index (κ2) is 9.58. The molecule has 32 heavy (non-hydrogen) atoms. The highest BCUT2D eigenvalue weighted by Crippen LogP contribution is 2.41. The van der Waals surface area contributed by atoms with Crippen molar-refractivity contribution in [2.45, 2.75) is 30.5 Å². The number of anilines is 1. The van der Waals surface area contributed by atoms with Gasteiger partial charge in [-0.05, 0) is 48.6 Å². The molecule has 1 aliphatic rings. The monoisotopic (exact) mass is 462 g/mol. The third kappa shape index (κ3) is 4.87. The highest BCUT2D eigenvalue weighted by atomic mass is 32.2. The van der Waals surface area contributed by atoms with Gasteiger partial charge in [0.2, 0.25) is 5.91 Å². The fraction of sp³-hybridized carbons (Fsp3) is 0.208. The molecule has 2 heterocycles. The van der Waals surface area contributed by atoms with E-state index in [1.54, 1.807) is 23.1 Å². The van der Waals surface area contributed by atoms with Crippen molar-refractivity contribution in [3.05, 3.63) is 72.1 Å². The predicted molar refractivity (Wildman–Crippen MR) is 129 cm³/mol. The van der Waals surface area contributed by atoms with Crippen LogP contribution >= 0.6 is 23.1 Å². The Morgan fingerprint density at radius 2 is 1.88 bits per heavy atom. The molecule has 1 fully saturated rings. The van der Waals surface area contributed by atoms with Crippen LogP contribution in [0, 0.1) is 0 Å². The van der Waals surface area contributed by atoms with Gasteiger partial charge in [-0.3, -0.25) is 9.36 Å². The number of carbonyl (C=O) groups is 1. The molecule has 0 saturated heterocycles. The topological polar surface area (TPSA) is 69.0 Å². The van der Waals surface area contributed by atoms with Crippen molar-refractivity contribution in [3.8, 4) is 22.2 Å². The van der Waals surface area contributed by atoms with Gasteiger partial charge in [-0.15, -0.1) is 21.5 Å². The maximum Gasteiger partial charge on any atom is 0.225 e. The molecule has 8 heteroatoms. The third-order valence-electron chi connectivity index (χ3n) is 5.01. The molecule has 1 aliphatic carbocycles. The SMILES string of the molecule is O=C(CCSc1nnc(-c2cccs2)n1C1CC1)Nc1ccccc1Oc1ccccc1. The first-order valence-corrected chi connectivity index (χ1v) is 12.4. The first-order valence-electron chi connectivity index (χ1n) is 10.5. The van der Waals surface area contributed by atoms with Crippen molar-refractivity contribution < 1.29 is 9.53 Å². The number of thiophene rings is 1. The minimum Gasteiger partial charge on any atom is -0.455 e. The fourth-order valence-electron chi connectivity index (χ4n) is 3.33. The van der Waals surface area contributed by atoms with Gasteiger partial charge in [0.25, 0.3) is 0 Å². The van der Waals surface area contributed by atoms with Crippen LogP contribution in [0.5, 0.6) is 11.5 Å². The average molecular weight is 463 g/mol. The van der Waals surface area contributed by atoms with Crippen LogP contribution in [0.2, 0.25) is 0 Å². The van der Waals surface area contributed by atoms with Crippen LogP contribution in [0.3, 0.4) is 0 Å². The van der Waals surface area contributed by atoms with E-state index < -0.39 is 0 Å². The first-order chi connectivity index (χ1) is 15.8. The Morgan fingerprint density at radius 3 is 2.66 bits per heavy atom. The normalized spacial score (nSPS) is 13.1. The lowest BCUT2D eigenvalue weighted by atomic mass is 10.2. The van der Waals surface area contributed by atoms with Gasteiger partial charge in [0, 0.05) is 18.2 Å². The highest BCUT2D eigenvalue weighted by molar-refractivity contribution is 7.99. The average Bonchev–Trinajstić information content (AvgIpc) is 3.32. The maximum atomic E-state index is 12.6. The summed E-state index contributed by atoms with van der Waals surface area (Å²) in [4.78, 5) is 13.7. The van der Waals surface area contributed by atoms with Crippen LogP contribution in [0.15, 0.2) is 77.3 Å². The number of para-hydroxylation sites is 3. The van der Waals surface area contributed by atoms with Crippen LogP contribution in [0.4, 0.5) is 5.69 Å². The lowest BCUT2D eigenvalue weighted by Crippen LogP contribution is -2.13. The Hall–Kier alpha value is -3.10. The zero-order valence-electron chi connectivity index (χ0n) is 17.3. The van der Waals surface area contributed by atoms with Crippen molar-refractivity contribution in [2.75, 3.05) is 11.1 Å². The molecule has 0 atom stereocenters. The molecule has 0 bridgehead atoms. The molecule has 0 aliphatic heterocycles. The lowest BCUT2D eigenvalue weighted by Gasteiger charge is -2.12. The van der Waals surface area contributed by atoms with E-state index in [1.165, 1.54) is 0 Å². The summed E-state index contributed by atoms with van der Waals surface area (Å²) in [6, 6.07) is 21.6. The Labute approximate surface area is 194 Å². The number of carbonyl (C=O) groups excluding carboxylic acids is 1. The van der Waals surface area contributed by atoms with Crippen LogP contribution in [0.25, 0.3) is 10.7 Å². The Kier molecular flexibility index (Phi) is 6.22. The molecular formula is C24H22N4O2S2. The number of ether oxygens (including phenoxy) is 1. The van der Waals surface area contributed by atoms with Crippen molar-refractivity contribution in [1.29, 1.82) is 0 Å². The van der Waals surface area contributed by atoms with E-state index >= 15 is 0 Å². The summed E-state index contributed by atoms with van der Waals surface area (Å²) in [6.45, 7) is 0. The van der Waals surface area contributed by atoms with Gasteiger partial charge in [0.05, 0.1) is 10.6 Å². The predicted octanol–water partition coefficient (Wildman–Crippen LogP) is 6.25. The largest absolute Gasteiger partial charge is 0.455 e. The number of thioether (sulfide) groups is 1. The standard InChI is InChI=1S/C24H22N4O2S2/c29-22(25-19-9-4-5-10-20(19)30-18-7-2-1-3-8-18)14-16-32-24-27-26-23(21-11-6-15-31-21)28(24)17-12-13-17/h1-11,15,17H,12-14,16H2,(H,25,29). The molecule has 1 N–H and O–H groups in total. The zero-order valence-corrected chi connectivity index (χ0v) is 18.9. The number of aromatic nitrogens is 3. The van der Waals surface area contributed by atoms with Crippen LogP contribution in [-0.4, -0.2) is 26.4 Å². The summed E-state index contributed by atoms with van der Waals surface area (Å²) < 4.78 is 8.16. The summed E-state index contributed by atoms with van der Waals surface area (Å²) in [5, 5.41) is 14.7. The Morgan fingerprint density at radius 1 is 1.06 bits per heavy atom. The molecule has 2 aromatic carbocycles. The molecular weight excluding hydrogens is 440 g/mol. The van der Waals surface area contributed by atoms with Crippen molar-refractivity contribution in [1.82, 2.24) is 14.8 Å². The van der Waals surface area contributed by atoms with Gasteiger partial charge in [0.15, 0.2) is 16.7 Å². The second-order valence-corrected chi connectivity index (χ2v) is 9.45. The molecule has 6 nitrogen and oxygen atoms in total. The van der Waals surface area contributed by atoms with Crippen molar-refractivity contribution in [2.24, 2.45) is 0 Å². The molecule has 0 unspecified atom stereocenters. The van der Waals surface area contributed by atoms with E-state index in [2.05, 4.69) is 31.5 Å². The minimum atomic E-state index is -0.0578. The fourth-order valence-corrected chi connectivity index (χ4v) is 4.98. The van der Waals surface area contributed by atoms with Gasteiger partial charge < -0.3 is 10.1 Å². The molecule has 1 amide bonds. The van der Waals surface area contributed by atoms with Crippen LogP contribution in [0.1, 0.15) is 25.3 Å². The van der Waals surface area contributed by atoms with E-state index in [9.17, 15) is 4.79 Å². The summed E-state index contributed by atoms with van der Waals surface area (Å²) in [6.07, 6.45) is 2.68. The summed E-state index contributed by atoms with van der Waals surface area (Å²) >= 11 is 3.25.